The van der Waals surface area contributed by atoms with Gasteiger partial charge in [-0.05, 0) is 33.1 Å². The average Bonchev–Trinajstić information content (AvgIpc) is 2.77. The van der Waals surface area contributed by atoms with Crippen LogP contribution in [0.2, 0.25) is 0 Å². The van der Waals surface area contributed by atoms with Crippen LogP contribution in [0.15, 0.2) is 48.5 Å². The largest absolute Gasteiger partial charge is 0.393 e. The van der Waals surface area contributed by atoms with Crippen molar-refractivity contribution < 1.29 is 29.6 Å². The Bertz CT molecular complexity index is 898. The van der Waals surface area contributed by atoms with E-state index in [1.807, 2.05) is 24.3 Å². The molecule has 2 aromatic carbocycles. The summed E-state index contributed by atoms with van der Waals surface area (Å²) in [6, 6.07) is 14.6. The molecule has 1 aliphatic rings. The van der Waals surface area contributed by atoms with E-state index in [-0.39, 0.29) is 29.8 Å². The third kappa shape index (κ3) is 4.77. The lowest BCUT2D eigenvalue weighted by Crippen LogP contribution is -2.65. The number of Topliss-reactive ketones (excluding diaryl/α,β-unsaturated/α-hetero) is 1. The molecule has 1 fully saturated rings. The van der Waals surface area contributed by atoms with E-state index in [2.05, 4.69) is 41.5 Å². The van der Waals surface area contributed by atoms with E-state index in [1.165, 1.54) is 0 Å². The Morgan fingerprint density at radius 2 is 1.06 bits per heavy atom. The number of carbonyl (C=O) groups is 1. The molecule has 1 atom stereocenters. The van der Waals surface area contributed by atoms with Crippen molar-refractivity contribution in [2.45, 2.75) is 69.9 Å². The zero-order valence-electron chi connectivity index (χ0n) is 20.4. The molecule has 1 heterocycles. The molecule has 0 saturated carbocycles. The third-order valence-corrected chi connectivity index (χ3v) is 6.39. The number of aliphatic hydroxyl groups excluding tert-OH is 1. The Morgan fingerprint density at radius 1 is 0.727 bits per heavy atom. The molecule has 0 aliphatic carbocycles. The summed E-state index contributed by atoms with van der Waals surface area (Å²) < 4.78 is 10.9. The minimum Gasteiger partial charge on any atom is -0.393 e. The second kappa shape index (κ2) is 8.93. The summed E-state index contributed by atoms with van der Waals surface area (Å²) in [6.45, 7) is 11.1. The van der Waals surface area contributed by atoms with Crippen LogP contribution in [-0.4, -0.2) is 52.8 Å². The van der Waals surface area contributed by atoms with Crippen molar-refractivity contribution in [2.75, 3.05) is 19.8 Å². The van der Waals surface area contributed by atoms with E-state index in [1.54, 1.807) is 24.3 Å². The molecule has 3 rings (SSSR count). The van der Waals surface area contributed by atoms with Crippen molar-refractivity contribution >= 4 is 5.78 Å². The maximum Gasteiger partial charge on any atom is 0.193 e. The number of ether oxygens (including phenoxy) is 2. The van der Waals surface area contributed by atoms with Crippen molar-refractivity contribution in [1.82, 2.24) is 0 Å². The van der Waals surface area contributed by atoms with Crippen molar-refractivity contribution in [1.29, 1.82) is 0 Å². The number of benzene rings is 2. The van der Waals surface area contributed by atoms with Crippen molar-refractivity contribution in [3.8, 4) is 0 Å². The standard InChI is InChI=1S/C27H36O6/c1-24(2,3)18-7-11-20(12-8-18)27(31,21-13-9-19(10-14-21)25(4,5)6)26(30,17-28)23-32-15-22(29)16-33-23/h7-14,23,28,30-31H,15-17H2,1-6H3. The predicted molar refractivity (Wildman–Crippen MR) is 126 cm³/mol. The predicted octanol–water partition coefficient (Wildman–Crippen LogP) is 3.18. The highest BCUT2D eigenvalue weighted by Crippen LogP contribution is 2.44. The molecule has 6 nitrogen and oxygen atoms in total. The SMILES string of the molecule is CC(C)(C)c1ccc(C(O)(c2ccc(C(C)(C)C)cc2)C(O)(CO)C2OCC(=O)CO2)cc1. The van der Waals surface area contributed by atoms with Gasteiger partial charge in [0, 0.05) is 0 Å². The van der Waals surface area contributed by atoms with E-state index in [0.717, 1.165) is 11.1 Å². The summed E-state index contributed by atoms with van der Waals surface area (Å²) in [5.74, 6) is -0.279. The normalized spacial score (nSPS) is 18.3. The molecule has 1 unspecified atom stereocenters. The first-order chi connectivity index (χ1) is 15.2. The van der Waals surface area contributed by atoms with Gasteiger partial charge in [0.25, 0.3) is 0 Å². The number of aliphatic hydroxyl groups is 3. The lowest BCUT2D eigenvalue weighted by atomic mass is 9.71. The second-order valence-corrected chi connectivity index (χ2v) is 10.9. The van der Waals surface area contributed by atoms with Crippen LogP contribution in [0.5, 0.6) is 0 Å². The van der Waals surface area contributed by atoms with E-state index in [0.29, 0.717) is 11.1 Å². The lowest BCUT2D eigenvalue weighted by Gasteiger charge is -2.47. The minimum atomic E-state index is -2.28. The van der Waals surface area contributed by atoms with Crippen LogP contribution in [0.4, 0.5) is 0 Å². The number of hydrogen-bond donors (Lipinski definition) is 3. The van der Waals surface area contributed by atoms with Gasteiger partial charge in [-0.15, -0.1) is 0 Å². The maximum atomic E-state index is 12.2. The highest BCUT2D eigenvalue weighted by atomic mass is 16.7. The molecule has 3 N–H and O–H groups in total. The lowest BCUT2D eigenvalue weighted by molar-refractivity contribution is -0.304. The van der Waals surface area contributed by atoms with E-state index in [4.69, 9.17) is 9.47 Å². The zero-order valence-corrected chi connectivity index (χ0v) is 20.4. The van der Waals surface area contributed by atoms with Crippen LogP contribution in [0.25, 0.3) is 0 Å². The van der Waals surface area contributed by atoms with Gasteiger partial charge in [0.2, 0.25) is 0 Å². The van der Waals surface area contributed by atoms with Crippen molar-refractivity contribution in [3.63, 3.8) is 0 Å². The highest BCUT2D eigenvalue weighted by molar-refractivity contribution is 5.81. The Morgan fingerprint density at radius 3 is 1.36 bits per heavy atom. The summed E-state index contributed by atoms with van der Waals surface area (Å²) in [4.78, 5) is 11.6. The monoisotopic (exact) mass is 456 g/mol. The molecule has 1 saturated heterocycles. The number of ketones is 1. The summed E-state index contributed by atoms with van der Waals surface area (Å²) in [7, 11) is 0. The molecule has 0 spiro atoms. The van der Waals surface area contributed by atoms with Crippen LogP contribution in [0, 0.1) is 0 Å². The fraction of sp³-hybridized carbons (Fsp3) is 0.519. The Hall–Kier alpha value is -2.09. The Kier molecular flexibility index (Phi) is 6.91. The fourth-order valence-corrected chi connectivity index (χ4v) is 4.15. The first-order valence-corrected chi connectivity index (χ1v) is 11.3. The molecule has 0 radical (unpaired) electrons. The topological polar surface area (TPSA) is 96.2 Å². The van der Waals surface area contributed by atoms with Gasteiger partial charge in [-0.25, -0.2) is 0 Å². The van der Waals surface area contributed by atoms with Gasteiger partial charge in [0.05, 0.1) is 6.61 Å². The second-order valence-electron chi connectivity index (χ2n) is 10.9. The molecule has 180 valence electrons. The van der Waals surface area contributed by atoms with Gasteiger partial charge in [0.15, 0.2) is 23.3 Å². The first kappa shape index (κ1) is 25.5. The Labute approximate surface area is 196 Å². The molecule has 2 aromatic rings. The smallest absolute Gasteiger partial charge is 0.193 e. The minimum absolute atomic E-state index is 0.103. The van der Waals surface area contributed by atoms with E-state index >= 15 is 0 Å². The summed E-state index contributed by atoms with van der Waals surface area (Å²) in [6.07, 6.45) is -1.41. The van der Waals surface area contributed by atoms with Gasteiger partial charge >= 0.3 is 0 Å². The Balaban J connectivity index is 2.18. The molecule has 6 heteroatoms. The van der Waals surface area contributed by atoms with Crippen molar-refractivity contribution in [3.05, 3.63) is 70.8 Å². The quantitative estimate of drug-likeness (QED) is 0.640. The van der Waals surface area contributed by atoms with Crippen LogP contribution in [0.3, 0.4) is 0 Å². The zero-order chi connectivity index (χ0) is 24.7. The molecule has 0 amide bonds. The summed E-state index contributed by atoms with van der Waals surface area (Å²) in [5.41, 5.74) is -1.71. The molecular formula is C27H36O6. The average molecular weight is 457 g/mol. The van der Waals surface area contributed by atoms with Crippen LogP contribution in [-0.2, 0) is 30.7 Å². The first-order valence-electron chi connectivity index (χ1n) is 11.3. The van der Waals surface area contributed by atoms with Crippen LogP contribution < -0.4 is 0 Å². The van der Waals surface area contributed by atoms with Gasteiger partial charge in [-0.2, -0.15) is 0 Å². The molecular weight excluding hydrogens is 420 g/mol. The van der Waals surface area contributed by atoms with Gasteiger partial charge < -0.3 is 24.8 Å². The number of carbonyl (C=O) groups excluding carboxylic acids is 1. The maximum absolute atomic E-state index is 12.2. The van der Waals surface area contributed by atoms with Gasteiger partial charge in [-0.3, -0.25) is 4.79 Å². The van der Waals surface area contributed by atoms with Crippen LogP contribution >= 0.6 is 0 Å². The molecule has 1 aliphatic heterocycles. The molecule has 33 heavy (non-hydrogen) atoms. The van der Waals surface area contributed by atoms with Crippen LogP contribution in [0.1, 0.15) is 63.8 Å². The molecule has 0 aromatic heterocycles. The molecule has 0 bridgehead atoms. The fourth-order valence-electron chi connectivity index (χ4n) is 4.15. The number of hydrogen-bond acceptors (Lipinski definition) is 6. The van der Waals surface area contributed by atoms with Gasteiger partial charge in [-0.1, -0.05) is 90.1 Å². The summed E-state index contributed by atoms with van der Waals surface area (Å²) in [5, 5.41) is 34.4. The summed E-state index contributed by atoms with van der Waals surface area (Å²) >= 11 is 0. The van der Waals surface area contributed by atoms with E-state index in [9.17, 15) is 20.1 Å². The van der Waals surface area contributed by atoms with Gasteiger partial charge in [0.1, 0.15) is 13.2 Å². The third-order valence-electron chi connectivity index (χ3n) is 6.39. The van der Waals surface area contributed by atoms with Crippen molar-refractivity contribution in [2.24, 2.45) is 0 Å². The number of rotatable bonds is 5. The van der Waals surface area contributed by atoms with E-state index < -0.39 is 24.1 Å². The highest BCUT2D eigenvalue weighted by Gasteiger charge is 2.58.